The fourth-order valence-corrected chi connectivity index (χ4v) is 3.94. The number of ether oxygens (including phenoxy) is 1. The third-order valence-electron chi connectivity index (χ3n) is 3.88. The van der Waals surface area contributed by atoms with E-state index in [4.69, 9.17) is 10.5 Å². The minimum absolute atomic E-state index is 0. The Labute approximate surface area is 143 Å². The van der Waals surface area contributed by atoms with Crippen LogP contribution in [0.3, 0.4) is 0 Å². The lowest BCUT2D eigenvalue weighted by Gasteiger charge is -2.31. The maximum absolute atomic E-state index is 13.6. The Morgan fingerprint density at radius 3 is 2.57 bits per heavy atom. The summed E-state index contributed by atoms with van der Waals surface area (Å²) < 4.78 is 45.7. The summed E-state index contributed by atoms with van der Waals surface area (Å²) in [5.74, 6) is -0.499. The largest absolute Gasteiger partial charge is 0.378 e. The van der Waals surface area contributed by atoms with E-state index in [1.807, 2.05) is 0 Å². The first-order chi connectivity index (χ1) is 10.4. The highest BCUT2D eigenvalue weighted by Crippen LogP contribution is 2.23. The van der Waals surface area contributed by atoms with Gasteiger partial charge in [0.15, 0.2) is 0 Å². The topological polar surface area (TPSA) is 72.6 Å². The molecule has 1 aromatic carbocycles. The first kappa shape index (κ1) is 20.3. The van der Waals surface area contributed by atoms with E-state index in [0.29, 0.717) is 44.6 Å². The van der Waals surface area contributed by atoms with E-state index in [1.54, 1.807) is 6.92 Å². The van der Waals surface area contributed by atoms with Crippen molar-refractivity contribution in [2.24, 2.45) is 5.73 Å². The van der Waals surface area contributed by atoms with Gasteiger partial charge in [-0.1, -0.05) is 6.07 Å². The number of hydrogen-bond donors (Lipinski definition) is 1. The lowest BCUT2D eigenvalue weighted by Crippen LogP contribution is -2.41. The van der Waals surface area contributed by atoms with E-state index in [9.17, 15) is 12.8 Å². The van der Waals surface area contributed by atoms with Crippen LogP contribution < -0.4 is 5.73 Å². The number of sulfonamides is 1. The molecule has 0 aliphatic carbocycles. The van der Waals surface area contributed by atoms with Gasteiger partial charge in [-0.25, -0.2) is 12.8 Å². The molecule has 0 spiro atoms. The van der Waals surface area contributed by atoms with Crippen molar-refractivity contribution >= 4 is 22.4 Å². The molecule has 1 fully saturated rings. The van der Waals surface area contributed by atoms with Gasteiger partial charge in [-0.2, -0.15) is 4.31 Å². The molecule has 0 radical (unpaired) electrons. The fourth-order valence-electron chi connectivity index (χ4n) is 2.46. The molecule has 2 N–H and O–H groups in total. The van der Waals surface area contributed by atoms with Gasteiger partial charge in [0, 0.05) is 19.7 Å². The Morgan fingerprint density at radius 1 is 1.35 bits per heavy atom. The lowest BCUT2D eigenvalue weighted by molar-refractivity contribution is 0.0209. The zero-order valence-electron chi connectivity index (χ0n) is 13.2. The van der Waals surface area contributed by atoms with Crippen LogP contribution in [-0.2, 0) is 14.8 Å². The maximum atomic E-state index is 13.6. The number of piperidine rings is 1. The second-order valence-electron chi connectivity index (χ2n) is 5.53. The molecule has 1 aromatic rings. The summed E-state index contributed by atoms with van der Waals surface area (Å²) in [4.78, 5) is 0.0121. The molecule has 5 nitrogen and oxygen atoms in total. The molecule has 2 rings (SSSR count). The molecule has 1 saturated heterocycles. The molecule has 0 amide bonds. The zero-order chi connectivity index (χ0) is 16.2. The van der Waals surface area contributed by atoms with Crippen molar-refractivity contribution < 1.29 is 17.5 Å². The number of benzene rings is 1. The minimum atomic E-state index is -3.63. The number of rotatable bonds is 6. The highest BCUT2D eigenvalue weighted by atomic mass is 35.5. The quantitative estimate of drug-likeness (QED) is 0.782. The van der Waals surface area contributed by atoms with Crippen molar-refractivity contribution in [3.8, 4) is 0 Å². The maximum Gasteiger partial charge on any atom is 0.243 e. The molecule has 0 atom stereocenters. The van der Waals surface area contributed by atoms with Gasteiger partial charge >= 0.3 is 0 Å². The van der Waals surface area contributed by atoms with Gasteiger partial charge in [-0.3, -0.25) is 0 Å². The standard InChI is InChI=1S/C15H23FN2O3S.ClH/c1-12-3-4-14(11-15(12)16)22(19,20)18-8-5-13(6-9-18)21-10-2-7-17;/h3-4,11,13H,2,5-10,17H2,1H3;1H. The van der Waals surface area contributed by atoms with Crippen LogP contribution in [0.1, 0.15) is 24.8 Å². The molecule has 1 heterocycles. The molecule has 0 bridgehead atoms. The molecule has 23 heavy (non-hydrogen) atoms. The lowest BCUT2D eigenvalue weighted by atomic mass is 10.1. The van der Waals surface area contributed by atoms with Crippen molar-refractivity contribution in [3.63, 3.8) is 0 Å². The second-order valence-corrected chi connectivity index (χ2v) is 7.47. The van der Waals surface area contributed by atoms with Crippen molar-refractivity contribution in [2.75, 3.05) is 26.2 Å². The summed E-state index contributed by atoms with van der Waals surface area (Å²) in [5, 5.41) is 0. The van der Waals surface area contributed by atoms with Crippen LogP contribution in [0.4, 0.5) is 4.39 Å². The van der Waals surface area contributed by atoms with Crippen molar-refractivity contribution in [2.45, 2.75) is 37.2 Å². The fraction of sp³-hybridized carbons (Fsp3) is 0.600. The predicted molar refractivity (Wildman–Crippen MR) is 89.8 cm³/mol. The van der Waals surface area contributed by atoms with Crippen LogP contribution in [-0.4, -0.2) is 45.1 Å². The van der Waals surface area contributed by atoms with Gasteiger partial charge in [0.1, 0.15) is 5.82 Å². The normalized spacial score (nSPS) is 17.0. The van der Waals surface area contributed by atoms with E-state index in [-0.39, 0.29) is 23.4 Å². The molecule has 1 aliphatic heterocycles. The van der Waals surface area contributed by atoms with E-state index in [2.05, 4.69) is 0 Å². The van der Waals surface area contributed by atoms with Gasteiger partial charge in [-0.05, 0) is 50.4 Å². The van der Waals surface area contributed by atoms with Gasteiger partial charge in [0.2, 0.25) is 10.0 Å². The van der Waals surface area contributed by atoms with Crippen LogP contribution in [0.15, 0.2) is 23.1 Å². The van der Waals surface area contributed by atoms with Crippen LogP contribution in [0.25, 0.3) is 0 Å². The number of nitrogens with zero attached hydrogens (tertiary/aromatic N) is 1. The Bertz CT molecular complexity index is 605. The first-order valence-electron chi connectivity index (χ1n) is 7.53. The second kappa shape index (κ2) is 8.94. The van der Waals surface area contributed by atoms with Crippen LogP contribution in [0.2, 0.25) is 0 Å². The molecular formula is C15H24ClFN2O3S. The van der Waals surface area contributed by atoms with E-state index in [1.165, 1.54) is 16.4 Å². The summed E-state index contributed by atoms with van der Waals surface area (Å²) in [5.41, 5.74) is 5.85. The van der Waals surface area contributed by atoms with E-state index >= 15 is 0 Å². The third kappa shape index (κ3) is 5.12. The predicted octanol–water partition coefficient (Wildman–Crippen LogP) is 2.07. The number of nitrogens with two attached hydrogens (primary N) is 1. The molecule has 8 heteroatoms. The third-order valence-corrected chi connectivity index (χ3v) is 5.78. The molecular weight excluding hydrogens is 343 g/mol. The Morgan fingerprint density at radius 2 is 2.00 bits per heavy atom. The Balaban J connectivity index is 0.00000264. The van der Waals surface area contributed by atoms with E-state index < -0.39 is 15.8 Å². The zero-order valence-corrected chi connectivity index (χ0v) is 14.8. The average molecular weight is 367 g/mol. The SMILES string of the molecule is Cc1ccc(S(=O)(=O)N2CCC(OCCCN)CC2)cc1F.Cl. The summed E-state index contributed by atoms with van der Waals surface area (Å²) in [7, 11) is -3.63. The van der Waals surface area contributed by atoms with Gasteiger partial charge in [-0.15, -0.1) is 12.4 Å². The van der Waals surface area contributed by atoms with Crippen molar-refractivity contribution in [1.82, 2.24) is 4.31 Å². The van der Waals surface area contributed by atoms with Crippen LogP contribution in [0.5, 0.6) is 0 Å². The van der Waals surface area contributed by atoms with Crippen molar-refractivity contribution in [1.29, 1.82) is 0 Å². The molecule has 0 unspecified atom stereocenters. The van der Waals surface area contributed by atoms with Gasteiger partial charge < -0.3 is 10.5 Å². The molecule has 0 aromatic heterocycles. The number of hydrogen-bond acceptors (Lipinski definition) is 4. The monoisotopic (exact) mass is 366 g/mol. The van der Waals surface area contributed by atoms with E-state index in [0.717, 1.165) is 12.5 Å². The Hall–Kier alpha value is -0.730. The van der Waals surface area contributed by atoms with Crippen LogP contribution >= 0.6 is 12.4 Å². The molecule has 132 valence electrons. The van der Waals surface area contributed by atoms with Crippen LogP contribution in [0, 0.1) is 12.7 Å². The highest BCUT2D eigenvalue weighted by Gasteiger charge is 2.30. The summed E-state index contributed by atoms with van der Waals surface area (Å²) in [6.07, 6.45) is 2.19. The minimum Gasteiger partial charge on any atom is -0.378 e. The Kier molecular flexibility index (Phi) is 7.89. The average Bonchev–Trinajstić information content (AvgIpc) is 2.51. The van der Waals surface area contributed by atoms with Crippen molar-refractivity contribution in [3.05, 3.63) is 29.6 Å². The summed E-state index contributed by atoms with van der Waals surface area (Å²) in [6, 6.07) is 4.04. The number of halogens is 2. The first-order valence-corrected chi connectivity index (χ1v) is 8.97. The molecule has 0 saturated carbocycles. The highest BCUT2D eigenvalue weighted by molar-refractivity contribution is 7.89. The van der Waals surface area contributed by atoms with Gasteiger partial charge in [0.05, 0.1) is 11.0 Å². The smallest absolute Gasteiger partial charge is 0.243 e. The molecule has 1 aliphatic rings. The number of aryl methyl sites for hydroxylation is 1. The summed E-state index contributed by atoms with van der Waals surface area (Å²) >= 11 is 0. The summed E-state index contributed by atoms with van der Waals surface area (Å²) in [6.45, 7) is 3.59. The van der Waals surface area contributed by atoms with Gasteiger partial charge in [0.25, 0.3) is 0 Å².